The van der Waals surface area contributed by atoms with Crippen LogP contribution in [0.15, 0.2) is 29.2 Å². The van der Waals surface area contributed by atoms with Gasteiger partial charge in [-0.2, -0.15) is 0 Å². The molecule has 0 bridgehead atoms. The second-order valence-corrected chi connectivity index (χ2v) is 2.93. The molecule has 2 unspecified atom stereocenters. The van der Waals surface area contributed by atoms with E-state index in [0.29, 0.717) is 0 Å². The van der Waals surface area contributed by atoms with Crippen molar-refractivity contribution in [3.8, 4) is 0 Å². The first-order valence-corrected chi connectivity index (χ1v) is 3.56. The smallest absolute Gasteiger partial charge is 0.213 e. The summed E-state index contributed by atoms with van der Waals surface area (Å²) in [5.74, 6) is -1.68. The van der Waals surface area contributed by atoms with Crippen LogP contribution in [0.25, 0.3) is 0 Å². The molecule has 66 valence electrons. The fourth-order valence-corrected chi connectivity index (χ4v) is 1.04. The Morgan fingerprint density at radius 3 is 3.00 bits per heavy atom. The number of hydrogen-bond acceptors (Lipinski definition) is 2. The molecule has 0 spiro atoms. The van der Waals surface area contributed by atoms with Gasteiger partial charge in [-0.3, -0.25) is 0 Å². The minimum Gasteiger partial charge on any atom is -0.411 e. The lowest BCUT2D eigenvalue weighted by Gasteiger charge is -2.21. The van der Waals surface area contributed by atoms with E-state index in [9.17, 15) is 8.78 Å². The number of halogens is 3. The first-order chi connectivity index (χ1) is 5.56. The van der Waals surface area contributed by atoms with Gasteiger partial charge in [-0.05, 0) is 18.2 Å². The number of alkyl halides is 2. The molecule has 0 saturated carbocycles. The van der Waals surface area contributed by atoms with Crippen LogP contribution in [0.3, 0.4) is 0 Å². The number of rotatable bonds is 1. The van der Waals surface area contributed by atoms with Crippen molar-refractivity contribution in [2.24, 2.45) is 11.1 Å². The summed E-state index contributed by atoms with van der Waals surface area (Å²) in [6.45, 7) is 0. The molecule has 0 radical (unpaired) electrons. The zero-order valence-electron chi connectivity index (χ0n) is 5.92. The van der Waals surface area contributed by atoms with E-state index in [-0.39, 0.29) is 0 Å². The molecule has 0 aliphatic heterocycles. The van der Waals surface area contributed by atoms with Crippen molar-refractivity contribution >= 4 is 17.8 Å². The SMILES string of the molecule is ON=CC1C=C(F)C=CC1(F)Cl. The molecule has 1 rings (SSSR count). The summed E-state index contributed by atoms with van der Waals surface area (Å²) in [7, 11) is 0. The summed E-state index contributed by atoms with van der Waals surface area (Å²) in [4.78, 5) is 0. The first-order valence-electron chi connectivity index (χ1n) is 3.18. The summed E-state index contributed by atoms with van der Waals surface area (Å²) in [5, 5.41) is 8.49. The van der Waals surface area contributed by atoms with Crippen LogP contribution in [0.1, 0.15) is 0 Å². The Hall–Kier alpha value is -0.900. The van der Waals surface area contributed by atoms with Crippen LogP contribution in [0.5, 0.6) is 0 Å². The van der Waals surface area contributed by atoms with Gasteiger partial charge in [-0.15, -0.1) is 5.16 Å². The lowest BCUT2D eigenvalue weighted by atomic mass is 9.99. The van der Waals surface area contributed by atoms with E-state index in [1.807, 2.05) is 0 Å². The summed E-state index contributed by atoms with van der Waals surface area (Å²) in [5.41, 5.74) is 0. The van der Waals surface area contributed by atoms with E-state index in [1.54, 1.807) is 0 Å². The van der Waals surface area contributed by atoms with E-state index >= 15 is 0 Å². The number of allylic oxidation sites excluding steroid dienone is 4. The standard InChI is InChI=1S/C7H6ClF2NO/c8-7(10)2-1-6(9)3-5(7)4-11-12/h1-5,12H. The Labute approximate surface area is 72.8 Å². The van der Waals surface area contributed by atoms with Crippen LogP contribution in [0.4, 0.5) is 8.78 Å². The van der Waals surface area contributed by atoms with Crippen molar-refractivity contribution in [3.63, 3.8) is 0 Å². The number of nitrogens with zero attached hydrogens (tertiary/aromatic N) is 1. The van der Waals surface area contributed by atoms with Gasteiger partial charge >= 0.3 is 0 Å². The predicted molar refractivity (Wildman–Crippen MR) is 41.8 cm³/mol. The molecule has 1 N–H and O–H groups in total. The molecule has 1 aliphatic rings. The lowest BCUT2D eigenvalue weighted by Crippen LogP contribution is -2.26. The third-order valence-electron chi connectivity index (χ3n) is 1.48. The van der Waals surface area contributed by atoms with Crippen molar-refractivity contribution in [1.82, 2.24) is 0 Å². The fraction of sp³-hybridized carbons (Fsp3) is 0.286. The fourth-order valence-electron chi connectivity index (χ4n) is 0.854. The van der Waals surface area contributed by atoms with Crippen LogP contribution < -0.4 is 0 Å². The van der Waals surface area contributed by atoms with E-state index in [1.165, 1.54) is 0 Å². The van der Waals surface area contributed by atoms with Crippen molar-refractivity contribution in [1.29, 1.82) is 0 Å². The molecule has 0 saturated heterocycles. The summed E-state index contributed by atoms with van der Waals surface area (Å²) in [6, 6.07) is 0. The topological polar surface area (TPSA) is 32.6 Å². The molecule has 0 amide bonds. The molecule has 0 aromatic rings. The highest BCUT2D eigenvalue weighted by Gasteiger charge is 2.34. The average molecular weight is 194 g/mol. The Morgan fingerprint density at radius 2 is 2.42 bits per heavy atom. The molecule has 1 aliphatic carbocycles. The van der Waals surface area contributed by atoms with Crippen LogP contribution in [0.2, 0.25) is 0 Å². The Bertz CT molecular complexity index is 260. The number of hydrogen-bond donors (Lipinski definition) is 1. The largest absolute Gasteiger partial charge is 0.411 e. The van der Waals surface area contributed by atoms with E-state index < -0.39 is 16.9 Å². The van der Waals surface area contributed by atoms with Gasteiger partial charge in [0.15, 0.2) is 0 Å². The van der Waals surface area contributed by atoms with Gasteiger partial charge in [0.2, 0.25) is 5.13 Å². The third-order valence-corrected chi connectivity index (χ3v) is 1.85. The summed E-state index contributed by atoms with van der Waals surface area (Å²) in [6.07, 6.45) is 3.56. The van der Waals surface area contributed by atoms with Gasteiger partial charge in [-0.1, -0.05) is 11.6 Å². The normalized spacial score (nSPS) is 35.6. The summed E-state index contributed by atoms with van der Waals surface area (Å²) < 4.78 is 25.7. The van der Waals surface area contributed by atoms with Crippen molar-refractivity contribution in [2.45, 2.75) is 5.13 Å². The molecule has 5 heteroatoms. The van der Waals surface area contributed by atoms with Gasteiger partial charge in [0.1, 0.15) is 5.83 Å². The Morgan fingerprint density at radius 1 is 1.75 bits per heavy atom. The zero-order valence-corrected chi connectivity index (χ0v) is 6.67. The molecule has 0 aromatic heterocycles. The molecular formula is C7H6ClF2NO. The highest BCUT2D eigenvalue weighted by atomic mass is 35.5. The molecule has 2 nitrogen and oxygen atoms in total. The molecule has 2 atom stereocenters. The predicted octanol–water partition coefficient (Wildman–Crippen LogP) is 2.39. The average Bonchev–Trinajstić information content (AvgIpc) is 1.98. The first kappa shape index (κ1) is 9.19. The second-order valence-electron chi connectivity index (χ2n) is 2.35. The maximum Gasteiger partial charge on any atom is 0.213 e. The van der Waals surface area contributed by atoms with Crippen LogP contribution in [-0.2, 0) is 0 Å². The molecule has 12 heavy (non-hydrogen) atoms. The van der Waals surface area contributed by atoms with Gasteiger partial charge in [0.25, 0.3) is 0 Å². The highest BCUT2D eigenvalue weighted by molar-refractivity contribution is 6.25. The third kappa shape index (κ3) is 1.82. The quantitative estimate of drug-likeness (QED) is 0.295. The monoisotopic (exact) mass is 193 g/mol. The van der Waals surface area contributed by atoms with E-state index in [4.69, 9.17) is 16.8 Å². The molecule has 0 heterocycles. The van der Waals surface area contributed by atoms with Gasteiger partial charge in [0, 0.05) is 0 Å². The molecule has 0 aromatic carbocycles. The van der Waals surface area contributed by atoms with Crippen LogP contribution in [-0.4, -0.2) is 16.5 Å². The maximum absolute atomic E-state index is 13.2. The van der Waals surface area contributed by atoms with Crippen molar-refractivity contribution in [3.05, 3.63) is 24.1 Å². The lowest BCUT2D eigenvalue weighted by molar-refractivity contribution is 0.291. The van der Waals surface area contributed by atoms with Crippen LogP contribution in [0, 0.1) is 5.92 Å². The minimum absolute atomic E-state index is 0.603. The number of oxime groups is 1. The Balaban J connectivity index is 2.90. The molecule has 0 fully saturated rings. The van der Waals surface area contributed by atoms with E-state index in [0.717, 1.165) is 24.4 Å². The zero-order chi connectivity index (χ0) is 9.19. The van der Waals surface area contributed by atoms with Crippen molar-refractivity contribution in [2.75, 3.05) is 0 Å². The van der Waals surface area contributed by atoms with Gasteiger partial charge in [0.05, 0.1) is 12.1 Å². The van der Waals surface area contributed by atoms with Crippen LogP contribution >= 0.6 is 11.6 Å². The van der Waals surface area contributed by atoms with Gasteiger partial charge in [-0.25, -0.2) is 8.78 Å². The Kier molecular flexibility index (Phi) is 2.47. The summed E-state index contributed by atoms with van der Waals surface area (Å²) >= 11 is 5.32. The van der Waals surface area contributed by atoms with Gasteiger partial charge < -0.3 is 5.21 Å². The maximum atomic E-state index is 13.2. The van der Waals surface area contributed by atoms with Crippen molar-refractivity contribution < 1.29 is 14.0 Å². The highest BCUT2D eigenvalue weighted by Crippen LogP contribution is 2.33. The molecular weight excluding hydrogens is 188 g/mol. The minimum atomic E-state index is -2.21. The van der Waals surface area contributed by atoms with E-state index in [2.05, 4.69) is 5.16 Å². The second kappa shape index (κ2) is 3.23.